The lowest BCUT2D eigenvalue weighted by Crippen LogP contribution is -2.47. The Morgan fingerprint density at radius 3 is 2.76 bits per heavy atom. The number of carbonyl (C=O) groups excluding carboxylic acids is 1. The molecular weight excluding hydrogens is 380 g/mol. The first-order valence-electron chi connectivity index (χ1n) is 9.33. The van der Waals surface area contributed by atoms with E-state index < -0.39 is 23.7 Å². The maximum absolute atomic E-state index is 14.8. The van der Waals surface area contributed by atoms with E-state index in [0.29, 0.717) is 11.5 Å². The Bertz CT molecular complexity index is 925. The molecule has 0 unspecified atom stereocenters. The molecule has 0 spiro atoms. The second-order valence-corrected chi connectivity index (χ2v) is 6.96. The first-order chi connectivity index (χ1) is 13.9. The Morgan fingerprint density at radius 1 is 1.34 bits per heavy atom. The number of aromatic nitrogens is 1. The van der Waals surface area contributed by atoms with E-state index in [-0.39, 0.29) is 23.6 Å². The molecule has 1 amide bonds. The molecule has 0 radical (unpaired) electrons. The van der Waals surface area contributed by atoms with Crippen LogP contribution in [0.2, 0.25) is 0 Å². The van der Waals surface area contributed by atoms with Crippen LogP contribution >= 0.6 is 0 Å². The summed E-state index contributed by atoms with van der Waals surface area (Å²) in [6, 6.07) is 5.81. The molecule has 1 aliphatic heterocycles. The lowest BCUT2D eigenvalue weighted by Gasteiger charge is -2.40. The Balaban J connectivity index is 1.74. The quantitative estimate of drug-likeness (QED) is 0.567. The van der Waals surface area contributed by atoms with Crippen molar-refractivity contribution in [2.45, 2.75) is 26.4 Å². The number of benzene rings is 1. The Kier molecular flexibility index (Phi) is 6.26. The number of ether oxygens (including phenoxy) is 1. The zero-order valence-electron chi connectivity index (χ0n) is 16.1. The number of hydrogen-bond donors (Lipinski definition) is 2. The summed E-state index contributed by atoms with van der Waals surface area (Å²) >= 11 is 0. The van der Waals surface area contributed by atoms with Gasteiger partial charge in [-0.1, -0.05) is 31.5 Å². The van der Waals surface area contributed by atoms with Crippen molar-refractivity contribution >= 4 is 17.9 Å². The minimum atomic E-state index is -1.03. The van der Waals surface area contributed by atoms with Gasteiger partial charge in [-0.25, -0.2) is 18.6 Å². The number of carbonyl (C=O) groups is 1. The van der Waals surface area contributed by atoms with Gasteiger partial charge in [0.2, 0.25) is 0 Å². The molecule has 154 valence electrons. The SMILES string of the molecule is CCCC1CN(c2ncc(-c3cccc(COC(=O)N=C(N)N)c3F)cc2F)C1. The van der Waals surface area contributed by atoms with E-state index in [1.54, 1.807) is 6.07 Å². The first kappa shape index (κ1) is 20.5. The predicted molar refractivity (Wildman–Crippen MR) is 106 cm³/mol. The molecule has 1 fully saturated rings. The van der Waals surface area contributed by atoms with Crippen LogP contribution < -0.4 is 16.4 Å². The number of rotatable bonds is 6. The van der Waals surface area contributed by atoms with Crippen LogP contribution in [0.1, 0.15) is 25.3 Å². The minimum Gasteiger partial charge on any atom is -0.443 e. The Morgan fingerprint density at radius 2 is 2.10 bits per heavy atom. The van der Waals surface area contributed by atoms with Crippen LogP contribution in [0, 0.1) is 17.6 Å². The number of anilines is 1. The van der Waals surface area contributed by atoms with E-state index >= 15 is 0 Å². The third-order valence-corrected chi connectivity index (χ3v) is 4.74. The van der Waals surface area contributed by atoms with E-state index in [0.717, 1.165) is 25.9 Å². The highest BCUT2D eigenvalue weighted by molar-refractivity contribution is 5.87. The van der Waals surface area contributed by atoms with Gasteiger partial charge in [-0.15, -0.1) is 4.99 Å². The molecule has 29 heavy (non-hydrogen) atoms. The predicted octanol–water partition coefficient (Wildman–Crippen LogP) is 3.17. The molecule has 4 N–H and O–H groups in total. The molecule has 9 heteroatoms. The Hall–Kier alpha value is -3.23. The van der Waals surface area contributed by atoms with Crippen molar-refractivity contribution in [3.8, 4) is 11.1 Å². The molecule has 1 aromatic heterocycles. The smallest absolute Gasteiger partial charge is 0.437 e. The van der Waals surface area contributed by atoms with Gasteiger partial charge < -0.3 is 21.1 Å². The van der Waals surface area contributed by atoms with Crippen LogP contribution in [0.25, 0.3) is 11.1 Å². The fourth-order valence-corrected chi connectivity index (χ4v) is 3.34. The van der Waals surface area contributed by atoms with Gasteiger partial charge in [0.05, 0.1) is 0 Å². The van der Waals surface area contributed by atoms with Gasteiger partial charge in [0.15, 0.2) is 17.6 Å². The second-order valence-electron chi connectivity index (χ2n) is 6.96. The van der Waals surface area contributed by atoms with Crippen molar-refractivity contribution in [2.75, 3.05) is 18.0 Å². The summed E-state index contributed by atoms with van der Waals surface area (Å²) < 4.78 is 34.2. The van der Waals surface area contributed by atoms with E-state index in [1.807, 2.05) is 4.90 Å². The van der Waals surface area contributed by atoms with Crippen molar-refractivity contribution in [2.24, 2.45) is 22.4 Å². The van der Waals surface area contributed by atoms with Crippen molar-refractivity contribution < 1.29 is 18.3 Å². The molecule has 2 aromatic rings. The average molecular weight is 403 g/mol. The summed E-state index contributed by atoms with van der Waals surface area (Å²) in [5.41, 5.74) is 10.7. The lowest BCUT2D eigenvalue weighted by atomic mass is 9.95. The lowest BCUT2D eigenvalue weighted by molar-refractivity contribution is 0.149. The highest BCUT2D eigenvalue weighted by Gasteiger charge is 2.29. The summed E-state index contributed by atoms with van der Waals surface area (Å²) in [4.78, 5) is 20.7. The topological polar surface area (TPSA) is 107 Å². The van der Waals surface area contributed by atoms with Gasteiger partial charge in [0.1, 0.15) is 12.4 Å². The zero-order chi connectivity index (χ0) is 21.0. The van der Waals surface area contributed by atoms with Gasteiger partial charge in [-0.05, 0) is 18.4 Å². The van der Waals surface area contributed by atoms with Crippen molar-refractivity contribution in [1.29, 1.82) is 0 Å². The van der Waals surface area contributed by atoms with Crippen LogP contribution in [0.3, 0.4) is 0 Å². The van der Waals surface area contributed by atoms with Gasteiger partial charge in [-0.3, -0.25) is 0 Å². The number of halogens is 2. The minimum absolute atomic E-state index is 0.108. The van der Waals surface area contributed by atoms with Crippen LogP contribution in [0.15, 0.2) is 35.5 Å². The molecule has 2 heterocycles. The normalized spacial score (nSPS) is 13.7. The van der Waals surface area contributed by atoms with Gasteiger partial charge >= 0.3 is 6.09 Å². The van der Waals surface area contributed by atoms with E-state index in [9.17, 15) is 13.6 Å². The maximum Gasteiger partial charge on any atom is 0.437 e. The summed E-state index contributed by atoms with van der Waals surface area (Å²) in [6.07, 6.45) is 2.63. The van der Waals surface area contributed by atoms with E-state index in [1.165, 1.54) is 24.4 Å². The van der Waals surface area contributed by atoms with Crippen molar-refractivity contribution in [3.63, 3.8) is 0 Å². The molecule has 1 aliphatic rings. The second kappa shape index (κ2) is 8.85. The highest BCUT2D eigenvalue weighted by Crippen LogP contribution is 2.31. The van der Waals surface area contributed by atoms with Crippen LogP contribution in [-0.2, 0) is 11.3 Å². The summed E-state index contributed by atoms with van der Waals surface area (Å²) in [5.74, 6) is -0.734. The van der Waals surface area contributed by atoms with Crippen LogP contribution in [0.4, 0.5) is 19.4 Å². The number of pyridine rings is 1. The molecule has 0 saturated carbocycles. The van der Waals surface area contributed by atoms with Gasteiger partial charge in [0.25, 0.3) is 0 Å². The summed E-state index contributed by atoms with van der Waals surface area (Å²) in [5, 5.41) is 0. The molecule has 0 bridgehead atoms. The number of hydrogen-bond acceptors (Lipinski definition) is 4. The molecular formula is C20H23F2N5O2. The first-order valence-corrected chi connectivity index (χ1v) is 9.33. The van der Waals surface area contributed by atoms with Crippen molar-refractivity contribution in [3.05, 3.63) is 47.7 Å². The molecule has 1 saturated heterocycles. The third-order valence-electron chi connectivity index (χ3n) is 4.74. The highest BCUT2D eigenvalue weighted by atomic mass is 19.1. The fourth-order valence-electron chi connectivity index (χ4n) is 3.34. The monoisotopic (exact) mass is 403 g/mol. The van der Waals surface area contributed by atoms with E-state index in [4.69, 9.17) is 16.2 Å². The number of amides is 1. The maximum atomic E-state index is 14.8. The Labute approximate surface area is 167 Å². The van der Waals surface area contributed by atoms with Crippen molar-refractivity contribution in [1.82, 2.24) is 4.98 Å². The standard InChI is InChI=1S/C20H23F2N5O2/c1-2-4-12-9-27(10-12)18-16(21)7-14(8-25-18)15-6-3-5-13(17(15)22)11-29-20(28)26-19(23)24/h3,5-8,12H,2,4,9-11H2,1H3,(H4,23,24,26,28). The summed E-state index contributed by atoms with van der Waals surface area (Å²) in [7, 11) is 0. The van der Waals surface area contributed by atoms with Crippen LogP contribution in [0.5, 0.6) is 0 Å². The van der Waals surface area contributed by atoms with Gasteiger partial charge in [0, 0.05) is 36.0 Å². The molecule has 1 aromatic carbocycles. The molecule has 7 nitrogen and oxygen atoms in total. The number of nitrogens with two attached hydrogens (primary N) is 2. The van der Waals surface area contributed by atoms with E-state index in [2.05, 4.69) is 16.9 Å². The number of nitrogens with zero attached hydrogens (tertiary/aromatic N) is 3. The number of guanidine groups is 1. The average Bonchev–Trinajstić information content (AvgIpc) is 2.63. The fraction of sp³-hybridized carbons (Fsp3) is 0.350. The summed E-state index contributed by atoms with van der Waals surface area (Å²) in [6.45, 7) is 3.32. The molecule has 0 atom stereocenters. The van der Waals surface area contributed by atoms with Gasteiger partial charge in [-0.2, -0.15) is 0 Å². The molecule has 3 rings (SSSR count). The zero-order valence-corrected chi connectivity index (χ0v) is 16.1. The number of aliphatic imine (C=N–C) groups is 1. The van der Waals surface area contributed by atoms with Crippen LogP contribution in [-0.4, -0.2) is 30.1 Å². The molecule has 0 aliphatic carbocycles. The largest absolute Gasteiger partial charge is 0.443 e. The third kappa shape index (κ3) is 4.79.